The summed E-state index contributed by atoms with van der Waals surface area (Å²) in [6.07, 6.45) is 4.02. The highest BCUT2D eigenvalue weighted by molar-refractivity contribution is 7.17. The van der Waals surface area contributed by atoms with E-state index in [1.807, 2.05) is 31.2 Å². The molecule has 0 unspecified atom stereocenters. The molecule has 0 fully saturated rings. The lowest BCUT2D eigenvalue weighted by molar-refractivity contribution is -0.114. The molecule has 0 saturated heterocycles. The standard InChI is InChI=1S/C19H22N2O3S/c1-12-7-3-5-9-14(12)20-11-16(22)21-18-17(19(23)24-2)13-8-4-6-10-15(13)25-18/h3,5,7,9,20H,4,6,8,10-11H2,1-2H3,(H,21,22). The maximum Gasteiger partial charge on any atom is 0.341 e. The Bertz CT molecular complexity index is 798. The van der Waals surface area contributed by atoms with E-state index < -0.39 is 0 Å². The van der Waals surface area contributed by atoms with E-state index in [0.29, 0.717) is 10.6 Å². The van der Waals surface area contributed by atoms with Crippen molar-refractivity contribution in [2.45, 2.75) is 32.6 Å². The van der Waals surface area contributed by atoms with Crippen molar-refractivity contribution in [2.75, 3.05) is 24.3 Å². The lowest BCUT2D eigenvalue weighted by Crippen LogP contribution is -2.22. The van der Waals surface area contributed by atoms with Crippen molar-refractivity contribution in [3.63, 3.8) is 0 Å². The second-order valence-electron chi connectivity index (χ2n) is 6.12. The van der Waals surface area contributed by atoms with Gasteiger partial charge in [-0.3, -0.25) is 4.79 Å². The Kier molecular flexibility index (Phi) is 5.38. The van der Waals surface area contributed by atoms with Gasteiger partial charge >= 0.3 is 5.97 Å². The van der Waals surface area contributed by atoms with E-state index in [-0.39, 0.29) is 18.4 Å². The fourth-order valence-corrected chi connectivity index (χ4v) is 4.38. The van der Waals surface area contributed by atoms with Crippen LogP contribution in [0.25, 0.3) is 0 Å². The molecule has 1 aromatic heterocycles. The molecule has 2 N–H and O–H groups in total. The van der Waals surface area contributed by atoms with Gasteiger partial charge in [-0.1, -0.05) is 18.2 Å². The summed E-state index contributed by atoms with van der Waals surface area (Å²) in [5.74, 6) is -0.548. The zero-order valence-corrected chi connectivity index (χ0v) is 15.3. The molecule has 0 spiro atoms. The van der Waals surface area contributed by atoms with Gasteiger partial charge in [0.1, 0.15) is 5.00 Å². The van der Waals surface area contributed by atoms with E-state index in [2.05, 4.69) is 10.6 Å². The zero-order valence-electron chi connectivity index (χ0n) is 14.5. The van der Waals surface area contributed by atoms with E-state index >= 15 is 0 Å². The number of hydrogen-bond acceptors (Lipinski definition) is 5. The number of benzene rings is 1. The number of aryl methyl sites for hydroxylation is 2. The molecule has 0 atom stereocenters. The Balaban J connectivity index is 1.73. The number of amides is 1. The Labute approximate surface area is 151 Å². The van der Waals surface area contributed by atoms with Gasteiger partial charge in [-0.25, -0.2) is 4.79 Å². The van der Waals surface area contributed by atoms with Crippen LogP contribution in [0.5, 0.6) is 0 Å². The quantitative estimate of drug-likeness (QED) is 0.799. The summed E-state index contributed by atoms with van der Waals surface area (Å²) >= 11 is 1.50. The number of nitrogens with one attached hydrogen (secondary N) is 2. The largest absolute Gasteiger partial charge is 0.465 e. The van der Waals surface area contributed by atoms with Crippen LogP contribution in [0.1, 0.15) is 39.2 Å². The molecule has 0 saturated carbocycles. The Morgan fingerprint density at radius 2 is 1.96 bits per heavy atom. The molecule has 0 radical (unpaired) electrons. The molecule has 5 nitrogen and oxygen atoms in total. The van der Waals surface area contributed by atoms with Crippen LogP contribution in [0.15, 0.2) is 24.3 Å². The van der Waals surface area contributed by atoms with E-state index in [1.165, 1.54) is 23.3 Å². The van der Waals surface area contributed by atoms with Crippen LogP contribution in [0.3, 0.4) is 0 Å². The van der Waals surface area contributed by atoms with Crippen LogP contribution in [0, 0.1) is 6.92 Å². The lowest BCUT2D eigenvalue weighted by Gasteiger charge is -2.12. The topological polar surface area (TPSA) is 67.4 Å². The molecule has 1 heterocycles. The number of anilines is 2. The maximum atomic E-state index is 12.4. The Morgan fingerprint density at radius 3 is 2.72 bits per heavy atom. The molecule has 25 heavy (non-hydrogen) atoms. The van der Waals surface area contributed by atoms with Gasteiger partial charge in [0.15, 0.2) is 0 Å². The van der Waals surface area contributed by atoms with Crippen LogP contribution in [-0.2, 0) is 22.4 Å². The number of carbonyl (C=O) groups excluding carboxylic acids is 2. The molecule has 3 rings (SSSR count). The van der Waals surface area contributed by atoms with Crippen LogP contribution >= 0.6 is 11.3 Å². The van der Waals surface area contributed by atoms with Gasteiger partial charge in [-0.05, 0) is 49.8 Å². The van der Waals surface area contributed by atoms with Crippen LogP contribution < -0.4 is 10.6 Å². The van der Waals surface area contributed by atoms with Crippen LogP contribution in [0.4, 0.5) is 10.7 Å². The summed E-state index contributed by atoms with van der Waals surface area (Å²) in [5.41, 5.74) is 3.59. The molecule has 6 heteroatoms. The predicted octanol–water partition coefficient (Wildman–Crippen LogP) is 3.77. The molecule has 0 bridgehead atoms. The third kappa shape index (κ3) is 3.85. The predicted molar refractivity (Wildman–Crippen MR) is 101 cm³/mol. The lowest BCUT2D eigenvalue weighted by atomic mass is 9.95. The third-order valence-corrected chi connectivity index (χ3v) is 5.61. The van der Waals surface area contributed by atoms with Gasteiger partial charge < -0.3 is 15.4 Å². The fraction of sp³-hybridized carbons (Fsp3) is 0.368. The second kappa shape index (κ2) is 7.70. The van der Waals surface area contributed by atoms with Crippen molar-refractivity contribution in [1.82, 2.24) is 0 Å². The summed E-state index contributed by atoms with van der Waals surface area (Å²) in [4.78, 5) is 25.7. The maximum absolute atomic E-state index is 12.4. The SMILES string of the molecule is COC(=O)c1c(NC(=O)CNc2ccccc2C)sc2c1CCCC2. The highest BCUT2D eigenvalue weighted by Crippen LogP contribution is 2.38. The van der Waals surface area contributed by atoms with Crippen LogP contribution in [-0.4, -0.2) is 25.5 Å². The molecule has 2 aromatic rings. The number of esters is 1. The number of fused-ring (bicyclic) bond motifs is 1. The third-order valence-electron chi connectivity index (χ3n) is 4.40. The van der Waals surface area contributed by atoms with E-state index in [0.717, 1.165) is 42.5 Å². The second-order valence-corrected chi connectivity index (χ2v) is 7.23. The monoisotopic (exact) mass is 358 g/mol. The number of rotatable bonds is 5. The first-order chi connectivity index (χ1) is 12.1. The van der Waals surface area contributed by atoms with Gasteiger partial charge in [-0.15, -0.1) is 11.3 Å². The highest BCUT2D eigenvalue weighted by atomic mass is 32.1. The molecule has 1 aliphatic rings. The van der Waals surface area contributed by atoms with Crippen molar-refractivity contribution in [3.8, 4) is 0 Å². The summed E-state index contributed by atoms with van der Waals surface area (Å²) in [6.45, 7) is 2.14. The van der Waals surface area contributed by atoms with Crippen LogP contribution in [0.2, 0.25) is 0 Å². The van der Waals surface area contributed by atoms with E-state index in [9.17, 15) is 9.59 Å². The summed E-state index contributed by atoms with van der Waals surface area (Å²) < 4.78 is 4.93. The molecule has 0 aliphatic heterocycles. The number of para-hydroxylation sites is 1. The fourth-order valence-electron chi connectivity index (χ4n) is 3.09. The van der Waals surface area contributed by atoms with Gasteiger partial charge in [-0.2, -0.15) is 0 Å². The van der Waals surface area contributed by atoms with Gasteiger partial charge in [0, 0.05) is 10.6 Å². The minimum atomic E-state index is -0.374. The number of carbonyl (C=O) groups is 2. The molecule has 1 amide bonds. The first-order valence-corrected chi connectivity index (χ1v) is 9.24. The minimum Gasteiger partial charge on any atom is -0.465 e. The molecular weight excluding hydrogens is 336 g/mol. The first-order valence-electron chi connectivity index (χ1n) is 8.42. The Morgan fingerprint density at radius 1 is 1.20 bits per heavy atom. The van der Waals surface area contributed by atoms with E-state index in [4.69, 9.17) is 4.74 Å². The van der Waals surface area contributed by atoms with Gasteiger partial charge in [0.2, 0.25) is 5.91 Å². The zero-order chi connectivity index (χ0) is 17.8. The van der Waals surface area contributed by atoms with Crippen molar-refractivity contribution in [3.05, 3.63) is 45.8 Å². The average molecular weight is 358 g/mol. The summed E-state index contributed by atoms with van der Waals surface area (Å²) in [5, 5.41) is 6.63. The minimum absolute atomic E-state index is 0.147. The van der Waals surface area contributed by atoms with Crippen molar-refractivity contribution < 1.29 is 14.3 Å². The van der Waals surface area contributed by atoms with Gasteiger partial charge in [0.05, 0.1) is 19.2 Å². The molecule has 1 aromatic carbocycles. The number of hydrogen-bond donors (Lipinski definition) is 2. The average Bonchev–Trinajstić information content (AvgIpc) is 2.98. The molecule has 1 aliphatic carbocycles. The summed E-state index contributed by atoms with van der Waals surface area (Å²) in [6, 6.07) is 7.81. The van der Waals surface area contributed by atoms with Crippen molar-refractivity contribution >= 4 is 33.9 Å². The molecule has 132 valence electrons. The highest BCUT2D eigenvalue weighted by Gasteiger charge is 2.26. The Hall–Kier alpha value is -2.34. The van der Waals surface area contributed by atoms with Gasteiger partial charge in [0.25, 0.3) is 0 Å². The molecular formula is C19H22N2O3S. The van der Waals surface area contributed by atoms with Crippen molar-refractivity contribution in [2.24, 2.45) is 0 Å². The van der Waals surface area contributed by atoms with Crippen molar-refractivity contribution in [1.29, 1.82) is 0 Å². The smallest absolute Gasteiger partial charge is 0.341 e. The number of methoxy groups -OCH3 is 1. The normalized spacial score (nSPS) is 13.0. The first kappa shape index (κ1) is 17.5. The van der Waals surface area contributed by atoms with E-state index in [1.54, 1.807) is 0 Å². The summed E-state index contributed by atoms with van der Waals surface area (Å²) in [7, 11) is 1.38. The number of ether oxygens (including phenoxy) is 1. The number of thiophene rings is 1.